The van der Waals surface area contributed by atoms with Crippen molar-refractivity contribution in [1.29, 1.82) is 0 Å². The van der Waals surface area contributed by atoms with E-state index in [1.807, 2.05) is 28.7 Å². The van der Waals surface area contributed by atoms with Crippen LogP contribution in [0.2, 0.25) is 0 Å². The first-order chi connectivity index (χ1) is 6.06. The molecule has 0 heterocycles. The Morgan fingerprint density at radius 1 is 1.46 bits per heavy atom. The van der Waals surface area contributed by atoms with Crippen molar-refractivity contribution >= 4 is 56.8 Å². The summed E-state index contributed by atoms with van der Waals surface area (Å²) in [6.45, 7) is 0. The van der Waals surface area contributed by atoms with Crippen LogP contribution < -0.4 is 11.2 Å². The number of nitrogens with one attached hydrogen (secondary N) is 1. The molecule has 0 radical (unpaired) electrons. The van der Waals surface area contributed by atoms with Gasteiger partial charge in [-0.15, -0.1) is 0 Å². The first kappa shape index (κ1) is 11.0. The predicted octanol–water partition coefficient (Wildman–Crippen LogP) is 1.60. The van der Waals surface area contributed by atoms with E-state index in [-0.39, 0.29) is 0 Å². The minimum Gasteiger partial charge on any atom is -0.397 e. The summed E-state index contributed by atoms with van der Waals surface area (Å²) in [4.78, 5) is 11.1. The molecule has 0 saturated carbocycles. The minimum absolute atomic E-state index is 0.291. The molecule has 0 aromatic heterocycles. The van der Waals surface area contributed by atoms with Crippen LogP contribution in [0.3, 0.4) is 0 Å². The highest BCUT2D eigenvalue weighted by Gasteiger charge is 2.11. The zero-order valence-electron chi connectivity index (χ0n) is 6.34. The van der Waals surface area contributed by atoms with Gasteiger partial charge in [0.15, 0.2) is 0 Å². The van der Waals surface area contributed by atoms with Gasteiger partial charge in [-0.2, -0.15) is 0 Å². The topological polar surface area (TPSA) is 75.4 Å². The molecule has 4 N–H and O–H groups in total. The maximum Gasteiger partial charge on any atom is 0.276 e. The fourth-order valence-corrected chi connectivity index (χ4v) is 2.68. The molecular formula is C7H6I2N2O2. The van der Waals surface area contributed by atoms with Gasteiger partial charge in [-0.1, -0.05) is 0 Å². The summed E-state index contributed by atoms with van der Waals surface area (Å²) in [6.07, 6.45) is 0. The first-order valence-corrected chi connectivity index (χ1v) is 5.41. The second kappa shape index (κ2) is 4.42. The lowest BCUT2D eigenvalue weighted by molar-refractivity contribution is 0.0707. The normalized spacial score (nSPS) is 9.77. The summed E-state index contributed by atoms with van der Waals surface area (Å²) in [5.41, 5.74) is 7.87. The molecule has 1 aromatic carbocycles. The Labute approximate surface area is 102 Å². The third-order valence-electron chi connectivity index (χ3n) is 1.44. The molecule has 0 bridgehead atoms. The Hall–Kier alpha value is -0.0900. The lowest BCUT2D eigenvalue weighted by atomic mass is 10.2. The first-order valence-electron chi connectivity index (χ1n) is 3.25. The molecule has 70 valence electrons. The van der Waals surface area contributed by atoms with Crippen LogP contribution in [0.4, 0.5) is 5.69 Å². The summed E-state index contributed by atoms with van der Waals surface area (Å²) >= 11 is 4.11. The molecule has 0 aliphatic heterocycles. The van der Waals surface area contributed by atoms with E-state index in [9.17, 15) is 4.79 Å². The van der Waals surface area contributed by atoms with Crippen LogP contribution in [-0.2, 0) is 0 Å². The van der Waals surface area contributed by atoms with Crippen molar-refractivity contribution in [3.8, 4) is 0 Å². The van der Waals surface area contributed by atoms with Gasteiger partial charge < -0.3 is 5.73 Å². The van der Waals surface area contributed by atoms with Crippen LogP contribution in [0, 0.1) is 7.14 Å². The van der Waals surface area contributed by atoms with Crippen LogP contribution in [-0.4, -0.2) is 11.1 Å². The van der Waals surface area contributed by atoms with Crippen LogP contribution in [0.25, 0.3) is 0 Å². The van der Waals surface area contributed by atoms with E-state index in [0.29, 0.717) is 11.3 Å². The molecule has 13 heavy (non-hydrogen) atoms. The van der Waals surface area contributed by atoms with Crippen LogP contribution in [0.5, 0.6) is 0 Å². The number of rotatable bonds is 1. The molecule has 0 unspecified atom stereocenters. The second-order valence-electron chi connectivity index (χ2n) is 2.29. The number of amides is 1. The Morgan fingerprint density at radius 2 is 2.08 bits per heavy atom. The van der Waals surface area contributed by atoms with Gasteiger partial charge in [-0.05, 0) is 57.3 Å². The van der Waals surface area contributed by atoms with Gasteiger partial charge in [0, 0.05) is 7.14 Å². The molecule has 0 aliphatic rings. The molecule has 1 amide bonds. The number of hydrogen-bond acceptors (Lipinski definition) is 3. The average Bonchev–Trinajstić information content (AvgIpc) is 2.10. The lowest BCUT2D eigenvalue weighted by Gasteiger charge is -2.06. The third kappa shape index (κ3) is 2.44. The Bertz CT molecular complexity index is 355. The van der Waals surface area contributed by atoms with Crippen molar-refractivity contribution in [2.75, 3.05) is 5.73 Å². The zero-order chi connectivity index (χ0) is 10.0. The van der Waals surface area contributed by atoms with Gasteiger partial charge in [0.05, 0.1) is 11.3 Å². The summed E-state index contributed by atoms with van der Waals surface area (Å²) in [5.74, 6) is -0.589. The van der Waals surface area contributed by atoms with E-state index in [0.717, 1.165) is 7.14 Å². The van der Waals surface area contributed by atoms with Crippen molar-refractivity contribution in [2.24, 2.45) is 0 Å². The number of hydroxylamine groups is 1. The fraction of sp³-hybridized carbons (Fsp3) is 0. The van der Waals surface area contributed by atoms with Crippen molar-refractivity contribution in [1.82, 2.24) is 5.48 Å². The van der Waals surface area contributed by atoms with E-state index in [2.05, 4.69) is 22.6 Å². The number of nitrogens with two attached hydrogens (primary N) is 1. The highest BCUT2D eigenvalue weighted by Crippen LogP contribution is 2.22. The molecule has 1 aromatic rings. The highest BCUT2D eigenvalue weighted by atomic mass is 127. The molecule has 0 aliphatic carbocycles. The molecule has 0 atom stereocenters. The SMILES string of the molecule is Nc1c(I)cc(I)cc1C(=O)NO. The predicted molar refractivity (Wildman–Crippen MR) is 65.5 cm³/mol. The van der Waals surface area contributed by atoms with Gasteiger partial charge in [-0.25, -0.2) is 5.48 Å². The number of halogens is 2. The summed E-state index contributed by atoms with van der Waals surface area (Å²) < 4.78 is 1.69. The number of carbonyl (C=O) groups is 1. The molecule has 0 fully saturated rings. The van der Waals surface area contributed by atoms with Crippen LogP contribution >= 0.6 is 45.2 Å². The summed E-state index contributed by atoms with van der Waals surface area (Å²) in [7, 11) is 0. The quantitative estimate of drug-likeness (QED) is 0.288. The Balaban J connectivity index is 3.28. The number of nitrogen functional groups attached to an aromatic ring is 1. The zero-order valence-corrected chi connectivity index (χ0v) is 10.7. The summed E-state index contributed by atoms with van der Waals surface area (Å²) in [6, 6.07) is 3.47. The van der Waals surface area contributed by atoms with Crippen molar-refractivity contribution in [3.05, 3.63) is 24.8 Å². The van der Waals surface area contributed by atoms with Gasteiger partial charge >= 0.3 is 0 Å². The third-order valence-corrected chi connectivity index (χ3v) is 2.96. The maximum atomic E-state index is 11.1. The van der Waals surface area contributed by atoms with Crippen LogP contribution in [0.1, 0.15) is 10.4 Å². The van der Waals surface area contributed by atoms with Gasteiger partial charge in [0.25, 0.3) is 5.91 Å². The molecule has 0 spiro atoms. The van der Waals surface area contributed by atoms with Crippen molar-refractivity contribution in [2.45, 2.75) is 0 Å². The smallest absolute Gasteiger partial charge is 0.276 e. The van der Waals surface area contributed by atoms with Crippen molar-refractivity contribution < 1.29 is 10.0 Å². The Kier molecular flexibility index (Phi) is 3.74. The maximum absolute atomic E-state index is 11.1. The standard InChI is InChI=1S/C7H6I2N2O2/c8-3-1-4(7(12)11-13)6(10)5(9)2-3/h1-2,13H,10H2,(H,11,12). The highest BCUT2D eigenvalue weighted by molar-refractivity contribution is 14.1. The van der Waals surface area contributed by atoms with E-state index in [1.165, 1.54) is 0 Å². The lowest BCUT2D eigenvalue weighted by Crippen LogP contribution is -2.20. The fourth-order valence-electron chi connectivity index (χ4n) is 0.833. The number of hydrogen-bond donors (Lipinski definition) is 3. The van der Waals surface area contributed by atoms with Gasteiger partial charge in [-0.3, -0.25) is 10.0 Å². The summed E-state index contributed by atoms with van der Waals surface area (Å²) in [5, 5.41) is 8.43. The van der Waals surface area contributed by atoms with E-state index >= 15 is 0 Å². The van der Waals surface area contributed by atoms with E-state index in [4.69, 9.17) is 10.9 Å². The van der Waals surface area contributed by atoms with E-state index < -0.39 is 5.91 Å². The molecule has 4 nitrogen and oxygen atoms in total. The monoisotopic (exact) mass is 404 g/mol. The number of carbonyl (C=O) groups excluding carboxylic acids is 1. The number of benzene rings is 1. The van der Waals surface area contributed by atoms with Crippen LogP contribution in [0.15, 0.2) is 12.1 Å². The van der Waals surface area contributed by atoms with Gasteiger partial charge in [0.2, 0.25) is 0 Å². The molecule has 0 saturated heterocycles. The van der Waals surface area contributed by atoms with E-state index in [1.54, 1.807) is 11.5 Å². The molecule has 6 heteroatoms. The largest absolute Gasteiger partial charge is 0.397 e. The molecular weight excluding hydrogens is 398 g/mol. The van der Waals surface area contributed by atoms with Crippen molar-refractivity contribution in [3.63, 3.8) is 0 Å². The van der Waals surface area contributed by atoms with Gasteiger partial charge in [0.1, 0.15) is 0 Å². The molecule has 1 rings (SSSR count). The second-order valence-corrected chi connectivity index (χ2v) is 4.70. The Morgan fingerprint density at radius 3 is 2.62 bits per heavy atom. The average molecular weight is 404 g/mol. The number of anilines is 1. The minimum atomic E-state index is -0.589.